The van der Waals surface area contributed by atoms with Gasteiger partial charge in [0.2, 0.25) is 0 Å². The first kappa shape index (κ1) is 13.7. The molecule has 2 rings (SSSR count). The van der Waals surface area contributed by atoms with Gasteiger partial charge in [-0.25, -0.2) is 4.98 Å². The number of aryl methyl sites for hydroxylation is 1. The molecule has 0 aliphatic rings. The van der Waals surface area contributed by atoms with E-state index in [1.807, 2.05) is 24.3 Å². The molecule has 0 aliphatic heterocycles. The van der Waals surface area contributed by atoms with Gasteiger partial charge in [0.25, 0.3) is 5.91 Å². The maximum atomic E-state index is 12.3. The predicted molar refractivity (Wildman–Crippen MR) is 78.6 cm³/mol. The van der Waals surface area contributed by atoms with E-state index in [2.05, 4.69) is 11.9 Å². The molecule has 19 heavy (non-hydrogen) atoms. The van der Waals surface area contributed by atoms with Crippen molar-refractivity contribution in [2.24, 2.45) is 5.73 Å². The van der Waals surface area contributed by atoms with Crippen molar-refractivity contribution < 1.29 is 4.79 Å². The zero-order valence-corrected chi connectivity index (χ0v) is 11.9. The van der Waals surface area contributed by atoms with E-state index in [0.717, 1.165) is 17.1 Å². The molecule has 0 atom stereocenters. The van der Waals surface area contributed by atoms with E-state index in [4.69, 9.17) is 5.73 Å². The number of aromatic nitrogens is 1. The second-order valence-electron chi connectivity index (χ2n) is 4.21. The highest BCUT2D eigenvalue weighted by Gasteiger charge is 2.16. The lowest BCUT2D eigenvalue weighted by Crippen LogP contribution is -2.26. The first-order chi connectivity index (χ1) is 9.15. The predicted octanol–water partition coefficient (Wildman–Crippen LogP) is 2.44. The summed E-state index contributed by atoms with van der Waals surface area (Å²) in [7, 11) is 1.75. The molecular formula is C14H17N3OS. The highest BCUT2D eigenvalue weighted by molar-refractivity contribution is 7.09. The van der Waals surface area contributed by atoms with Crippen LogP contribution in [0.5, 0.6) is 0 Å². The average Bonchev–Trinajstić information content (AvgIpc) is 2.94. The van der Waals surface area contributed by atoms with Crippen LogP contribution < -0.4 is 10.6 Å². The number of nitrogens with zero attached hydrogens (tertiary/aromatic N) is 2. The minimum absolute atomic E-state index is 0.111. The summed E-state index contributed by atoms with van der Waals surface area (Å²) < 4.78 is 0. The lowest BCUT2D eigenvalue weighted by Gasteiger charge is -2.16. The van der Waals surface area contributed by atoms with E-state index in [-0.39, 0.29) is 5.91 Å². The van der Waals surface area contributed by atoms with E-state index in [9.17, 15) is 4.79 Å². The Kier molecular flexibility index (Phi) is 4.29. The van der Waals surface area contributed by atoms with Crippen LogP contribution in [-0.2, 0) is 13.0 Å². The Bertz CT molecular complexity index is 562. The molecule has 2 N–H and O–H groups in total. The molecule has 1 amide bonds. The molecule has 1 aromatic heterocycles. The van der Waals surface area contributed by atoms with Crippen LogP contribution in [0, 0.1) is 0 Å². The molecule has 0 saturated heterocycles. The molecule has 4 nitrogen and oxygen atoms in total. The molecule has 2 aromatic rings. The maximum absolute atomic E-state index is 12.3. The van der Waals surface area contributed by atoms with Crippen LogP contribution in [0.15, 0.2) is 29.6 Å². The van der Waals surface area contributed by atoms with Crippen molar-refractivity contribution in [3.05, 3.63) is 45.9 Å². The van der Waals surface area contributed by atoms with Gasteiger partial charge in [0.15, 0.2) is 0 Å². The molecule has 100 valence electrons. The number of anilines is 1. The molecule has 0 bridgehead atoms. The van der Waals surface area contributed by atoms with Crippen LogP contribution >= 0.6 is 11.3 Å². The molecule has 0 aliphatic carbocycles. The zero-order chi connectivity index (χ0) is 13.8. The zero-order valence-electron chi connectivity index (χ0n) is 11.1. The second-order valence-corrected chi connectivity index (χ2v) is 5.16. The van der Waals surface area contributed by atoms with Gasteiger partial charge in [0, 0.05) is 24.7 Å². The lowest BCUT2D eigenvalue weighted by atomic mass is 10.1. The van der Waals surface area contributed by atoms with E-state index < -0.39 is 0 Å². The van der Waals surface area contributed by atoms with Crippen molar-refractivity contribution in [1.82, 2.24) is 4.98 Å². The van der Waals surface area contributed by atoms with Crippen LogP contribution in [0.2, 0.25) is 0 Å². The highest BCUT2D eigenvalue weighted by Crippen LogP contribution is 2.18. The van der Waals surface area contributed by atoms with Gasteiger partial charge in [-0.05, 0) is 24.1 Å². The van der Waals surface area contributed by atoms with Crippen LogP contribution in [0.1, 0.15) is 28.0 Å². The van der Waals surface area contributed by atoms with Gasteiger partial charge in [-0.1, -0.05) is 19.1 Å². The summed E-state index contributed by atoms with van der Waals surface area (Å²) in [6.07, 6.45) is 0.990. The lowest BCUT2D eigenvalue weighted by molar-refractivity contribution is 0.0989. The Morgan fingerprint density at radius 1 is 1.37 bits per heavy atom. The number of carbonyl (C=O) groups is 1. The molecular weight excluding hydrogens is 258 g/mol. The van der Waals surface area contributed by atoms with Gasteiger partial charge < -0.3 is 10.6 Å². The van der Waals surface area contributed by atoms with Gasteiger partial charge in [0.1, 0.15) is 10.7 Å². The topological polar surface area (TPSA) is 59.2 Å². The summed E-state index contributed by atoms with van der Waals surface area (Å²) in [5.41, 5.74) is 8.08. The normalized spacial score (nSPS) is 10.5. The fraction of sp³-hybridized carbons (Fsp3) is 0.286. The Labute approximate surface area is 116 Å². The number of hydrogen-bond acceptors (Lipinski definition) is 4. The molecule has 0 spiro atoms. The van der Waals surface area contributed by atoms with Gasteiger partial charge in [-0.3, -0.25) is 4.79 Å². The van der Waals surface area contributed by atoms with Gasteiger partial charge >= 0.3 is 0 Å². The number of hydrogen-bond donors (Lipinski definition) is 1. The summed E-state index contributed by atoms with van der Waals surface area (Å²) in [4.78, 5) is 18.1. The number of amides is 1. The molecule has 1 heterocycles. The van der Waals surface area contributed by atoms with Crippen LogP contribution in [0.4, 0.5) is 5.69 Å². The summed E-state index contributed by atoms with van der Waals surface area (Å²) in [5.74, 6) is -0.111. The first-order valence-electron chi connectivity index (χ1n) is 6.17. The monoisotopic (exact) mass is 275 g/mol. The Morgan fingerprint density at radius 2 is 2.05 bits per heavy atom. The molecule has 5 heteroatoms. The smallest absolute Gasteiger partial charge is 0.277 e. The van der Waals surface area contributed by atoms with Crippen LogP contribution in [0.25, 0.3) is 0 Å². The fourth-order valence-corrected chi connectivity index (χ4v) is 2.40. The summed E-state index contributed by atoms with van der Waals surface area (Å²) >= 11 is 1.41. The Balaban J connectivity index is 2.17. The first-order valence-corrected chi connectivity index (χ1v) is 7.05. The third kappa shape index (κ3) is 3.00. The van der Waals surface area contributed by atoms with E-state index in [0.29, 0.717) is 12.2 Å². The van der Waals surface area contributed by atoms with Crippen molar-refractivity contribution >= 4 is 22.9 Å². The van der Waals surface area contributed by atoms with Gasteiger partial charge in [0.05, 0.1) is 0 Å². The SMILES string of the molecule is CCc1ccc(N(C)C(=O)c2csc(CN)n2)cc1. The molecule has 0 fully saturated rings. The van der Waals surface area contributed by atoms with Crippen molar-refractivity contribution in [1.29, 1.82) is 0 Å². The van der Waals surface area contributed by atoms with Gasteiger partial charge in [-0.2, -0.15) is 0 Å². The third-order valence-electron chi connectivity index (χ3n) is 2.98. The molecule has 0 radical (unpaired) electrons. The summed E-state index contributed by atoms with van der Waals surface area (Å²) in [6, 6.07) is 7.97. The van der Waals surface area contributed by atoms with E-state index >= 15 is 0 Å². The fourth-order valence-electron chi connectivity index (χ4n) is 1.75. The quantitative estimate of drug-likeness (QED) is 0.932. The minimum Gasteiger partial charge on any atom is -0.325 e. The van der Waals surface area contributed by atoms with Crippen molar-refractivity contribution in [3.8, 4) is 0 Å². The number of carbonyl (C=O) groups excluding carboxylic acids is 1. The largest absolute Gasteiger partial charge is 0.325 e. The van der Waals surface area contributed by atoms with Crippen molar-refractivity contribution in [2.75, 3.05) is 11.9 Å². The number of nitrogens with two attached hydrogens (primary N) is 1. The Morgan fingerprint density at radius 3 is 2.58 bits per heavy atom. The highest BCUT2D eigenvalue weighted by atomic mass is 32.1. The van der Waals surface area contributed by atoms with Crippen molar-refractivity contribution in [3.63, 3.8) is 0 Å². The maximum Gasteiger partial charge on any atom is 0.277 e. The van der Waals surface area contributed by atoms with E-state index in [1.54, 1.807) is 17.3 Å². The van der Waals surface area contributed by atoms with Gasteiger partial charge in [-0.15, -0.1) is 11.3 Å². The number of rotatable bonds is 4. The molecule has 0 unspecified atom stereocenters. The average molecular weight is 275 g/mol. The molecule has 1 aromatic carbocycles. The van der Waals surface area contributed by atoms with Crippen molar-refractivity contribution in [2.45, 2.75) is 19.9 Å². The third-order valence-corrected chi connectivity index (χ3v) is 3.85. The number of thiazole rings is 1. The summed E-state index contributed by atoms with van der Waals surface area (Å²) in [5, 5.41) is 2.53. The summed E-state index contributed by atoms with van der Waals surface area (Å²) in [6.45, 7) is 2.47. The Hall–Kier alpha value is -1.72. The standard InChI is InChI=1S/C14H17N3OS/c1-3-10-4-6-11(7-5-10)17(2)14(18)12-9-19-13(8-15)16-12/h4-7,9H,3,8,15H2,1-2H3. The molecule has 0 saturated carbocycles. The van der Waals surface area contributed by atoms with E-state index in [1.165, 1.54) is 16.9 Å². The van der Waals surface area contributed by atoms with Crippen LogP contribution in [-0.4, -0.2) is 17.9 Å². The number of benzene rings is 1. The minimum atomic E-state index is -0.111. The second kappa shape index (κ2) is 5.95. The van der Waals surface area contributed by atoms with Crippen LogP contribution in [0.3, 0.4) is 0 Å².